The maximum absolute atomic E-state index is 4.28. The minimum Gasteiger partial charge on any atom is -0.314 e. The van der Waals surface area contributed by atoms with Crippen molar-refractivity contribution in [3.8, 4) is 0 Å². The van der Waals surface area contributed by atoms with E-state index in [0.29, 0.717) is 6.04 Å². The summed E-state index contributed by atoms with van der Waals surface area (Å²) in [4.78, 5) is 0. The number of aromatic nitrogens is 3. The Hall–Kier alpha value is -1.42. The van der Waals surface area contributed by atoms with E-state index in [1.807, 2.05) is 24.4 Å². The van der Waals surface area contributed by atoms with E-state index < -0.39 is 0 Å². The molecule has 108 valence electrons. The highest BCUT2D eigenvalue weighted by Gasteiger charge is 2.19. The Labute approximate surface area is 120 Å². The highest BCUT2D eigenvalue weighted by molar-refractivity contribution is 5.36. The molecule has 4 nitrogen and oxygen atoms in total. The largest absolute Gasteiger partial charge is 0.314 e. The maximum atomic E-state index is 4.28. The van der Waals surface area contributed by atoms with Crippen molar-refractivity contribution in [2.24, 2.45) is 5.92 Å². The van der Waals surface area contributed by atoms with E-state index in [2.05, 4.69) is 26.8 Å². The van der Waals surface area contributed by atoms with Gasteiger partial charge in [-0.3, -0.25) is 4.40 Å². The van der Waals surface area contributed by atoms with Gasteiger partial charge in [0.1, 0.15) is 5.82 Å². The molecule has 1 saturated carbocycles. The summed E-state index contributed by atoms with van der Waals surface area (Å²) in [5.41, 5.74) is 0.933. The summed E-state index contributed by atoms with van der Waals surface area (Å²) in [6.45, 7) is 3.31. The minimum atomic E-state index is 0.620. The quantitative estimate of drug-likeness (QED) is 0.910. The highest BCUT2D eigenvalue weighted by Crippen LogP contribution is 2.26. The second kappa shape index (κ2) is 6.35. The Morgan fingerprint density at radius 3 is 2.95 bits per heavy atom. The number of hydrogen-bond acceptors (Lipinski definition) is 3. The molecule has 1 aliphatic rings. The van der Waals surface area contributed by atoms with Crippen molar-refractivity contribution in [2.45, 2.75) is 51.5 Å². The standard InChI is InChI=1S/C16H24N4/c1-13(14-7-3-2-4-8-14)17-11-10-16-19-18-15-9-5-6-12-20(15)16/h5-6,9,12-14,17H,2-4,7-8,10-11H2,1H3. The van der Waals surface area contributed by atoms with E-state index in [0.717, 1.165) is 30.4 Å². The fourth-order valence-corrected chi connectivity index (χ4v) is 3.27. The lowest BCUT2D eigenvalue weighted by Gasteiger charge is -2.28. The van der Waals surface area contributed by atoms with Gasteiger partial charge in [-0.25, -0.2) is 0 Å². The third kappa shape index (κ3) is 3.01. The zero-order valence-electron chi connectivity index (χ0n) is 12.3. The van der Waals surface area contributed by atoms with Crippen LogP contribution in [0.15, 0.2) is 24.4 Å². The van der Waals surface area contributed by atoms with Crippen LogP contribution in [0.4, 0.5) is 0 Å². The zero-order chi connectivity index (χ0) is 13.8. The fourth-order valence-electron chi connectivity index (χ4n) is 3.27. The van der Waals surface area contributed by atoms with E-state index in [9.17, 15) is 0 Å². The molecule has 2 heterocycles. The van der Waals surface area contributed by atoms with Gasteiger partial charge >= 0.3 is 0 Å². The van der Waals surface area contributed by atoms with Crippen molar-refractivity contribution in [1.82, 2.24) is 19.9 Å². The molecule has 0 amide bonds. The molecule has 20 heavy (non-hydrogen) atoms. The average Bonchev–Trinajstić information content (AvgIpc) is 2.92. The Kier molecular flexibility index (Phi) is 4.31. The molecule has 1 atom stereocenters. The summed E-state index contributed by atoms with van der Waals surface area (Å²) in [6.07, 6.45) is 9.99. The van der Waals surface area contributed by atoms with Gasteiger partial charge in [0.15, 0.2) is 5.65 Å². The van der Waals surface area contributed by atoms with Crippen LogP contribution in [-0.2, 0) is 6.42 Å². The number of nitrogens with zero attached hydrogens (tertiary/aromatic N) is 3. The lowest BCUT2D eigenvalue weighted by molar-refractivity contribution is 0.282. The van der Waals surface area contributed by atoms with Gasteiger partial charge < -0.3 is 5.32 Å². The molecular formula is C16H24N4. The van der Waals surface area contributed by atoms with Crippen LogP contribution in [0.3, 0.4) is 0 Å². The molecule has 0 radical (unpaired) electrons. The second-order valence-electron chi connectivity index (χ2n) is 5.94. The molecule has 1 fully saturated rings. The number of pyridine rings is 1. The fraction of sp³-hybridized carbons (Fsp3) is 0.625. The van der Waals surface area contributed by atoms with Crippen LogP contribution in [0, 0.1) is 5.92 Å². The van der Waals surface area contributed by atoms with E-state index in [1.165, 1.54) is 32.1 Å². The first-order valence-corrected chi connectivity index (χ1v) is 7.86. The van der Waals surface area contributed by atoms with Crippen molar-refractivity contribution >= 4 is 5.65 Å². The monoisotopic (exact) mass is 272 g/mol. The first-order chi connectivity index (χ1) is 9.84. The zero-order valence-corrected chi connectivity index (χ0v) is 12.3. The Bertz CT molecular complexity index is 542. The number of nitrogens with one attached hydrogen (secondary N) is 1. The second-order valence-corrected chi connectivity index (χ2v) is 5.94. The van der Waals surface area contributed by atoms with Gasteiger partial charge in [-0.1, -0.05) is 25.3 Å². The van der Waals surface area contributed by atoms with E-state index in [4.69, 9.17) is 0 Å². The van der Waals surface area contributed by atoms with Crippen LogP contribution >= 0.6 is 0 Å². The number of hydrogen-bond donors (Lipinski definition) is 1. The third-order valence-corrected chi connectivity index (χ3v) is 4.56. The minimum absolute atomic E-state index is 0.620. The molecule has 0 spiro atoms. The molecule has 2 aromatic rings. The molecule has 4 heteroatoms. The van der Waals surface area contributed by atoms with Gasteiger partial charge in [-0.2, -0.15) is 0 Å². The summed E-state index contributed by atoms with van der Waals surface area (Å²) in [5.74, 6) is 1.91. The first kappa shape index (κ1) is 13.6. The van der Waals surface area contributed by atoms with Gasteiger partial charge in [0.2, 0.25) is 0 Å². The van der Waals surface area contributed by atoms with Crippen LogP contribution in [0.25, 0.3) is 5.65 Å². The van der Waals surface area contributed by atoms with E-state index in [1.54, 1.807) is 0 Å². The van der Waals surface area contributed by atoms with Crippen molar-refractivity contribution in [1.29, 1.82) is 0 Å². The van der Waals surface area contributed by atoms with Crippen molar-refractivity contribution < 1.29 is 0 Å². The predicted octanol–water partition coefficient (Wildman–Crippen LogP) is 2.83. The number of rotatable bonds is 5. The topological polar surface area (TPSA) is 42.2 Å². The molecule has 3 rings (SSSR count). The molecular weight excluding hydrogens is 248 g/mol. The molecule has 2 aromatic heterocycles. The molecule has 0 aliphatic heterocycles. The van der Waals surface area contributed by atoms with Gasteiger partial charge in [0, 0.05) is 25.2 Å². The Morgan fingerprint density at radius 2 is 2.10 bits per heavy atom. The van der Waals surface area contributed by atoms with Crippen LogP contribution in [0.2, 0.25) is 0 Å². The van der Waals surface area contributed by atoms with Crippen molar-refractivity contribution in [2.75, 3.05) is 6.54 Å². The SMILES string of the molecule is CC(NCCc1nnc2ccccn12)C1CCCCC1. The van der Waals surface area contributed by atoms with E-state index >= 15 is 0 Å². The molecule has 0 aromatic carbocycles. The first-order valence-electron chi connectivity index (χ1n) is 7.86. The highest BCUT2D eigenvalue weighted by atomic mass is 15.2. The van der Waals surface area contributed by atoms with Crippen LogP contribution in [0.1, 0.15) is 44.9 Å². The Balaban J connectivity index is 1.52. The summed E-state index contributed by atoms with van der Waals surface area (Å²) in [7, 11) is 0. The Morgan fingerprint density at radius 1 is 1.25 bits per heavy atom. The van der Waals surface area contributed by atoms with Crippen LogP contribution in [-0.4, -0.2) is 27.2 Å². The van der Waals surface area contributed by atoms with Crippen LogP contribution < -0.4 is 5.32 Å². The summed E-state index contributed by atoms with van der Waals surface area (Å²) >= 11 is 0. The summed E-state index contributed by atoms with van der Waals surface area (Å²) in [6, 6.07) is 6.64. The number of fused-ring (bicyclic) bond motifs is 1. The smallest absolute Gasteiger partial charge is 0.160 e. The van der Waals surface area contributed by atoms with E-state index in [-0.39, 0.29) is 0 Å². The van der Waals surface area contributed by atoms with Gasteiger partial charge in [0.05, 0.1) is 0 Å². The normalized spacial score (nSPS) is 18.4. The molecule has 1 aliphatic carbocycles. The van der Waals surface area contributed by atoms with Gasteiger partial charge in [-0.05, 0) is 37.8 Å². The van der Waals surface area contributed by atoms with Crippen molar-refractivity contribution in [3.05, 3.63) is 30.2 Å². The average molecular weight is 272 g/mol. The summed E-state index contributed by atoms with van der Waals surface area (Å²) in [5, 5.41) is 12.1. The molecule has 1 unspecified atom stereocenters. The van der Waals surface area contributed by atoms with Gasteiger partial charge in [-0.15, -0.1) is 10.2 Å². The lowest BCUT2D eigenvalue weighted by atomic mass is 9.84. The molecule has 0 saturated heterocycles. The maximum Gasteiger partial charge on any atom is 0.160 e. The molecule has 1 N–H and O–H groups in total. The summed E-state index contributed by atoms with van der Waals surface area (Å²) < 4.78 is 2.08. The lowest BCUT2D eigenvalue weighted by Crippen LogP contribution is -2.36. The van der Waals surface area contributed by atoms with Crippen LogP contribution in [0.5, 0.6) is 0 Å². The van der Waals surface area contributed by atoms with Gasteiger partial charge in [0.25, 0.3) is 0 Å². The molecule has 0 bridgehead atoms. The third-order valence-electron chi connectivity index (χ3n) is 4.56. The predicted molar refractivity (Wildman–Crippen MR) is 80.7 cm³/mol. The van der Waals surface area contributed by atoms with Crippen molar-refractivity contribution in [3.63, 3.8) is 0 Å².